The molecule has 1 aromatic heterocycles. The summed E-state index contributed by atoms with van der Waals surface area (Å²) in [4.78, 5) is 17.4. The lowest BCUT2D eigenvalue weighted by molar-refractivity contribution is -0.130. The van der Waals surface area contributed by atoms with Gasteiger partial charge in [0.05, 0.1) is 6.54 Å². The molecule has 0 aromatic carbocycles. The number of carbonyl (C=O) groups excluding carboxylic acids is 1. The maximum absolute atomic E-state index is 11.6. The van der Waals surface area contributed by atoms with E-state index in [9.17, 15) is 4.79 Å². The third-order valence-corrected chi connectivity index (χ3v) is 2.49. The lowest BCUT2D eigenvalue weighted by Gasteiger charge is -2.14. The number of amides is 1. The van der Waals surface area contributed by atoms with Gasteiger partial charge in [-0.2, -0.15) is 5.10 Å². The summed E-state index contributed by atoms with van der Waals surface area (Å²) in [5.41, 5.74) is 0. The van der Waals surface area contributed by atoms with Crippen LogP contribution in [0.5, 0.6) is 0 Å². The molecule has 0 bridgehead atoms. The molecule has 16 heavy (non-hydrogen) atoms. The number of aromatic nitrogens is 3. The fourth-order valence-corrected chi connectivity index (χ4v) is 1.51. The van der Waals surface area contributed by atoms with Crippen molar-refractivity contribution in [2.75, 3.05) is 12.9 Å². The smallest absolute Gasteiger partial charge is 0.222 e. The second kappa shape index (κ2) is 6.48. The highest BCUT2D eigenvalue weighted by Gasteiger charge is 2.10. The molecule has 90 valence electrons. The minimum atomic E-state index is 0.104. The van der Waals surface area contributed by atoms with E-state index < -0.39 is 0 Å². The minimum Gasteiger partial charge on any atom is -0.338 e. The number of unbranched alkanes of at least 4 members (excludes halogenated alkanes) is 1. The predicted octanol–water partition coefficient (Wildman–Crippen LogP) is 1.48. The van der Waals surface area contributed by atoms with E-state index in [1.807, 2.05) is 6.92 Å². The van der Waals surface area contributed by atoms with Crippen molar-refractivity contribution >= 4 is 17.5 Å². The number of rotatable bonds is 6. The summed E-state index contributed by atoms with van der Waals surface area (Å²) < 4.78 is 0. The normalized spacial score (nSPS) is 10.4. The van der Waals surface area contributed by atoms with Gasteiger partial charge in [0.2, 0.25) is 5.91 Å². The number of H-pyrrole nitrogens is 1. The Hall–Kier alpha value is -1.10. The number of halogens is 1. The quantitative estimate of drug-likeness (QED) is 0.609. The van der Waals surface area contributed by atoms with Crippen LogP contribution in [-0.4, -0.2) is 38.9 Å². The molecular weight excluding hydrogens is 228 g/mol. The first-order valence-corrected chi connectivity index (χ1v) is 5.84. The monoisotopic (exact) mass is 244 g/mol. The Balaban J connectivity index is 2.34. The van der Waals surface area contributed by atoms with Crippen molar-refractivity contribution < 1.29 is 4.79 Å². The van der Waals surface area contributed by atoms with Gasteiger partial charge in [0.25, 0.3) is 0 Å². The molecule has 6 heteroatoms. The molecule has 1 aromatic rings. The zero-order valence-corrected chi connectivity index (χ0v) is 10.4. The fourth-order valence-electron chi connectivity index (χ4n) is 1.32. The predicted molar refractivity (Wildman–Crippen MR) is 62.2 cm³/mol. The highest BCUT2D eigenvalue weighted by Crippen LogP contribution is 2.03. The summed E-state index contributed by atoms with van der Waals surface area (Å²) in [6.07, 6.45) is 2.24. The summed E-state index contributed by atoms with van der Waals surface area (Å²) in [5.74, 6) is 2.12. The number of hydrogen-bond acceptors (Lipinski definition) is 3. The third-order valence-electron chi connectivity index (χ3n) is 2.22. The number of aromatic amines is 1. The number of nitrogens with zero attached hydrogens (tertiary/aromatic N) is 3. The number of aryl methyl sites for hydroxylation is 1. The van der Waals surface area contributed by atoms with Crippen molar-refractivity contribution in [3.63, 3.8) is 0 Å². The van der Waals surface area contributed by atoms with Gasteiger partial charge in [0, 0.05) is 19.3 Å². The second-order valence-electron chi connectivity index (χ2n) is 3.73. The van der Waals surface area contributed by atoms with Crippen molar-refractivity contribution in [1.29, 1.82) is 0 Å². The van der Waals surface area contributed by atoms with E-state index in [-0.39, 0.29) is 5.91 Å². The number of alkyl halides is 1. The SMILES string of the molecule is Cc1nc(CN(C)C(=O)CCCCCl)n[nH]1. The highest BCUT2D eigenvalue weighted by molar-refractivity contribution is 6.17. The van der Waals surface area contributed by atoms with Gasteiger partial charge in [-0.05, 0) is 19.8 Å². The second-order valence-corrected chi connectivity index (χ2v) is 4.11. The van der Waals surface area contributed by atoms with Gasteiger partial charge in [0.15, 0.2) is 5.82 Å². The molecule has 1 heterocycles. The molecule has 0 radical (unpaired) electrons. The van der Waals surface area contributed by atoms with Crippen molar-refractivity contribution in [2.45, 2.75) is 32.7 Å². The Morgan fingerprint density at radius 1 is 1.50 bits per heavy atom. The number of hydrogen-bond donors (Lipinski definition) is 1. The Labute approximate surface area is 100 Å². The maximum Gasteiger partial charge on any atom is 0.222 e. The molecule has 0 unspecified atom stereocenters. The van der Waals surface area contributed by atoms with Crippen LogP contribution in [0.25, 0.3) is 0 Å². The van der Waals surface area contributed by atoms with Crippen molar-refractivity contribution in [1.82, 2.24) is 20.1 Å². The van der Waals surface area contributed by atoms with E-state index in [4.69, 9.17) is 11.6 Å². The van der Waals surface area contributed by atoms with Crippen molar-refractivity contribution in [3.8, 4) is 0 Å². The molecule has 0 spiro atoms. The molecule has 5 nitrogen and oxygen atoms in total. The first-order chi connectivity index (χ1) is 7.63. The highest BCUT2D eigenvalue weighted by atomic mass is 35.5. The topological polar surface area (TPSA) is 61.9 Å². The zero-order chi connectivity index (χ0) is 12.0. The van der Waals surface area contributed by atoms with Gasteiger partial charge in [-0.15, -0.1) is 11.6 Å². The summed E-state index contributed by atoms with van der Waals surface area (Å²) >= 11 is 5.55. The molecule has 1 rings (SSSR count). The van der Waals surface area contributed by atoms with Gasteiger partial charge < -0.3 is 4.90 Å². The van der Waals surface area contributed by atoms with Crippen LogP contribution >= 0.6 is 11.6 Å². The Morgan fingerprint density at radius 2 is 2.25 bits per heavy atom. The molecule has 0 atom stereocenters. The molecule has 1 N–H and O–H groups in total. The molecule has 0 aliphatic carbocycles. The van der Waals surface area contributed by atoms with Crippen LogP contribution in [0, 0.1) is 6.92 Å². The molecular formula is C10H17ClN4O. The summed E-state index contributed by atoms with van der Waals surface area (Å²) in [6.45, 7) is 2.28. The van der Waals surface area contributed by atoms with Gasteiger partial charge in [-0.1, -0.05) is 0 Å². The fraction of sp³-hybridized carbons (Fsp3) is 0.700. The summed E-state index contributed by atoms with van der Waals surface area (Å²) in [6, 6.07) is 0. The molecule has 0 aliphatic rings. The first-order valence-electron chi connectivity index (χ1n) is 5.31. The van der Waals surface area contributed by atoms with Crippen LogP contribution < -0.4 is 0 Å². The van der Waals surface area contributed by atoms with Crippen LogP contribution in [0.1, 0.15) is 30.9 Å². The molecule has 0 saturated heterocycles. The maximum atomic E-state index is 11.6. The average Bonchev–Trinajstić information content (AvgIpc) is 2.64. The van der Waals surface area contributed by atoms with E-state index in [0.717, 1.165) is 18.7 Å². The Bertz CT molecular complexity index is 339. The number of nitrogens with one attached hydrogen (secondary N) is 1. The van der Waals surface area contributed by atoms with Gasteiger partial charge in [0.1, 0.15) is 5.82 Å². The van der Waals surface area contributed by atoms with Crippen LogP contribution in [-0.2, 0) is 11.3 Å². The lowest BCUT2D eigenvalue weighted by atomic mass is 10.2. The van der Waals surface area contributed by atoms with Crippen LogP contribution in [0.4, 0.5) is 0 Å². The molecule has 0 fully saturated rings. The third kappa shape index (κ3) is 4.18. The average molecular weight is 245 g/mol. The standard InChI is InChI=1S/C10H17ClN4O/c1-8-12-9(14-13-8)7-15(2)10(16)5-3-4-6-11/h3-7H2,1-2H3,(H,12,13,14). The van der Waals surface area contributed by atoms with E-state index in [2.05, 4.69) is 15.2 Å². The molecule has 1 amide bonds. The van der Waals surface area contributed by atoms with Gasteiger partial charge in [-0.25, -0.2) is 4.98 Å². The van der Waals surface area contributed by atoms with Crippen molar-refractivity contribution in [2.24, 2.45) is 0 Å². The Kier molecular flexibility index (Phi) is 5.25. The largest absolute Gasteiger partial charge is 0.338 e. The van der Waals surface area contributed by atoms with Gasteiger partial charge >= 0.3 is 0 Å². The number of carbonyl (C=O) groups is 1. The van der Waals surface area contributed by atoms with Gasteiger partial charge in [-0.3, -0.25) is 9.89 Å². The van der Waals surface area contributed by atoms with E-state index in [1.165, 1.54) is 0 Å². The minimum absolute atomic E-state index is 0.104. The van der Waals surface area contributed by atoms with Crippen LogP contribution in [0.2, 0.25) is 0 Å². The van der Waals surface area contributed by atoms with Crippen LogP contribution in [0.15, 0.2) is 0 Å². The van der Waals surface area contributed by atoms with E-state index in [1.54, 1.807) is 11.9 Å². The lowest BCUT2D eigenvalue weighted by Crippen LogP contribution is -2.26. The molecule has 0 saturated carbocycles. The summed E-state index contributed by atoms with van der Waals surface area (Å²) in [7, 11) is 1.76. The molecule has 0 aliphatic heterocycles. The Morgan fingerprint density at radius 3 is 2.81 bits per heavy atom. The van der Waals surface area contributed by atoms with E-state index in [0.29, 0.717) is 24.7 Å². The first kappa shape index (κ1) is 13.0. The zero-order valence-electron chi connectivity index (χ0n) is 9.66. The van der Waals surface area contributed by atoms with E-state index >= 15 is 0 Å². The summed E-state index contributed by atoms with van der Waals surface area (Å²) in [5, 5.41) is 6.73. The van der Waals surface area contributed by atoms with Crippen molar-refractivity contribution in [3.05, 3.63) is 11.6 Å². The van der Waals surface area contributed by atoms with Crippen LogP contribution in [0.3, 0.4) is 0 Å².